The highest BCUT2D eigenvalue weighted by Gasteiger charge is 2.14. The first-order chi connectivity index (χ1) is 16.6. The molecule has 3 aromatic rings. The van der Waals surface area contributed by atoms with Gasteiger partial charge in [0, 0.05) is 5.56 Å². The average molecular weight is 477 g/mol. The van der Waals surface area contributed by atoms with Gasteiger partial charge in [-0.2, -0.15) is 0 Å². The van der Waals surface area contributed by atoms with E-state index >= 15 is 0 Å². The number of benzene rings is 3. The van der Waals surface area contributed by atoms with Gasteiger partial charge in [-0.25, -0.2) is 4.39 Å². The van der Waals surface area contributed by atoms with E-state index in [2.05, 4.69) is 26.8 Å². The van der Waals surface area contributed by atoms with Crippen LogP contribution in [0.25, 0.3) is 17.2 Å². The van der Waals surface area contributed by atoms with Crippen molar-refractivity contribution in [3.05, 3.63) is 89.2 Å². The van der Waals surface area contributed by atoms with E-state index in [-0.39, 0.29) is 23.6 Å². The molecule has 0 aliphatic rings. The number of halogens is 1. The van der Waals surface area contributed by atoms with Gasteiger partial charge in [-0.15, -0.1) is 0 Å². The summed E-state index contributed by atoms with van der Waals surface area (Å²) >= 11 is 0. The summed E-state index contributed by atoms with van der Waals surface area (Å²) in [5, 5.41) is 9.07. The number of allylic oxidation sites excluding steroid dienone is 1. The third-order valence-electron chi connectivity index (χ3n) is 5.66. The minimum Gasteiger partial charge on any atom is -0.497 e. The molecule has 1 N–H and O–H groups in total. The summed E-state index contributed by atoms with van der Waals surface area (Å²) in [6.07, 6.45) is 4.18. The zero-order chi connectivity index (χ0) is 25.6. The fourth-order valence-electron chi connectivity index (χ4n) is 3.72. The largest absolute Gasteiger partial charge is 0.497 e. The maximum absolute atomic E-state index is 14.8. The zero-order valence-corrected chi connectivity index (χ0v) is 21.0. The molecule has 35 heavy (non-hydrogen) atoms. The van der Waals surface area contributed by atoms with Crippen molar-refractivity contribution in [2.24, 2.45) is 5.41 Å². The maximum atomic E-state index is 14.8. The Morgan fingerprint density at radius 3 is 2.49 bits per heavy atom. The van der Waals surface area contributed by atoms with Crippen LogP contribution in [0, 0.1) is 11.2 Å². The number of carbonyl (C=O) groups is 1. The number of hydrogen-bond acceptors (Lipinski definition) is 3. The van der Waals surface area contributed by atoms with Gasteiger partial charge in [-0.3, -0.25) is 4.79 Å². The molecule has 184 valence electrons. The Kier molecular flexibility index (Phi) is 8.34. The SMILES string of the molecule is COc1ccc(F)c(-c2ccc(COc3cccc([C@H](C)CC(=O)O)c3)cc2/C=C/C(C)(C)C)c1. The Bertz CT molecular complexity index is 1210. The Labute approximate surface area is 207 Å². The molecule has 0 amide bonds. The van der Waals surface area contributed by atoms with E-state index in [1.54, 1.807) is 19.2 Å². The lowest BCUT2D eigenvalue weighted by Crippen LogP contribution is -2.03. The van der Waals surface area contributed by atoms with Crippen molar-refractivity contribution in [1.29, 1.82) is 0 Å². The van der Waals surface area contributed by atoms with Crippen LogP contribution >= 0.6 is 0 Å². The Balaban J connectivity index is 1.89. The van der Waals surface area contributed by atoms with Gasteiger partial charge in [0.15, 0.2) is 0 Å². The molecular formula is C30H33FO4. The lowest BCUT2D eigenvalue weighted by atomic mass is 9.92. The van der Waals surface area contributed by atoms with Crippen LogP contribution in [0.3, 0.4) is 0 Å². The van der Waals surface area contributed by atoms with Gasteiger partial charge in [0.2, 0.25) is 0 Å². The van der Waals surface area contributed by atoms with Gasteiger partial charge in [0.05, 0.1) is 13.5 Å². The first-order valence-electron chi connectivity index (χ1n) is 11.7. The minimum absolute atomic E-state index is 0.0379. The van der Waals surface area contributed by atoms with E-state index < -0.39 is 5.97 Å². The van der Waals surface area contributed by atoms with Crippen molar-refractivity contribution < 1.29 is 23.8 Å². The highest BCUT2D eigenvalue weighted by atomic mass is 19.1. The number of aliphatic carboxylic acids is 1. The highest BCUT2D eigenvalue weighted by molar-refractivity contribution is 5.77. The van der Waals surface area contributed by atoms with E-state index in [1.807, 2.05) is 55.5 Å². The Morgan fingerprint density at radius 1 is 1.03 bits per heavy atom. The van der Waals surface area contributed by atoms with Crippen LogP contribution in [0.4, 0.5) is 4.39 Å². The van der Waals surface area contributed by atoms with Crippen LogP contribution in [-0.2, 0) is 11.4 Å². The number of rotatable bonds is 9. The van der Waals surface area contributed by atoms with Crippen molar-refractivity contribution in [2.75, 3.05) is 7.11 Å². The van der Waals surface area contributed by atoms with Crippen molar-refractivity contribution in [3.8, 4) is 22.6 Å². The van der Waals surface area contributed by atoms with E-state index in [1.165, 1.54) is 6.07 Å². The van der Waals surface area contributed by atoms with E-state index in [0.717, 1.165) is 22.3 Å². The van der Waals surface area contributed by atoms with Crippen LogP contribution in [0.1, 0.15) is 56.7 Å². The second-order valence-electron chi connectivity index (χ2n) is 9.83. The molecule has 0 radical (unpaired) electrons. The average Bonchev–Trinajstić information content (AvgIpc) is 2.81. The zero-order valence-electron chi connectivity index (χ0n) is 21.0. The van der Waals surface area contributed by atoms with Gasteiger partial charge in [-0.1, -0.05) is 64.1 Å². The van der Waals surface area contributed by atoms with Gasteiger partial charge < -0.3 is 14.6 Å². The standard InChI is InChI=1S/C30H33FO4/c1-20(15-29(32)33)22-7-6-8-25(17-22)35-19-21-9-11-26(23(16-21)13-14-30(2,3)4)27-18-24(34-5)10-12-28(27)31/h6-14,16-18,20H,15,19H2,1-5H3,(H,32,33)/b14-13+/t20-/m1/s1. The molecule has 0 aromatic heterocycles. The first-order valence-corrected chi connectivity index (χ1v) is 11.7. The second kappa shape index (κ2) is 11.2. The molecule has 3 rings (SSSR count). The molecule has 0 fully saturated rings. The second-order valence-corrected chi connectivity index (χ2v) is 9.83. The molecule has 0 saturated heterocycles. The van der Waals surface area contributed by atoms with Gasteiger partial charge >= 0.3 is 5.97 Å². The summed E-state index contributed by atoms with van der Waals surface area (Å²) in [7, 11) is 1.56. The molecule has 0 heterocycles. The predicted molar refractivity (Wildman–Crippen MR) is 138 cm³/mol. The molecule has 0 aliphatic heterocycles. The molecule has 0 unspecified atom stereocenters. The summed E-state index contributed by atoms with van der Waals surface area (Å²) in [4.78, 5) is 11.0. The van der Waals surface area contributed by atoms with Crippen molar-refractivity contribution in [2.45, 2.75) is 46.6 Å². The molecule has 0 spiro atoms. The minimum atomic E-state index is -0.827. The summed E-state index contributed by atoms with van der Waals surface area (Å²) < 4.78 is 26.1. The normalized spacial score (nSPS) is 12.5. The predicted octanol–water partition coefficient (Wildman–Crippen LogP) is 7.72. The summed E-state index contributed by atoms with van der Waals surface area (Å²) in [5.41, 5.74) is 3.96. The number of hydrogen-bond donors (Lipinski definition) is 1. The van der Waals surface area contributed by atoms with Gasteiger partial charge in [-0.05, 0) is 70.0 Å². The van der Waals surface area contributed by atoms with E-state index in [9.17, 15) is 9.18 Å². The quantitative estimate of drug-likeness (QED) is 0.343. The molecule has 3 aromatic carbocycles. The number of carboxylic acids is 1. The van der Waals surface area contributed by atoms with Crippen LogP contribution in [0.5, 0.6) is 11.5 Å². The summed E-state index contributed by atoms with van der Waals surface area (Å²) in [5.74, 6) is 0.0213. The number of carboxylic acid groups (broad SMARTS) is 1. The van der Waals surface area contributed by atoms with Gasteiger partial charge in [0.1, 0.15) is 23.9 Å². The molecule has 4 nitrogen and oxygen atoms in total. The fraction of sp³-hybridized carbons (Fsp3) is 0.300. The molecular weight excluding hydrogens is 443 g/mol. The number of ether oxygens (including phenoxy) is 2. The van der Waals surface area contributed by atoms with Crippen molar-refractivity contribution >= 4 is 12.0 Å². The number of methoxy groups -OCH3 is 1. The van der Waals surface area contributed by atoms with Crippen LogP contribution in [0.15, 0.2) is 66.7 Å². The van der Waals surface area contributed by atoms with Gasteiger partial charge in [0.25, 0.3) is 0 Å². The molecule has 0 saturated carbocycles. The molecule has 0 aliphatic carbocycles. The smallest absolute Gasteiger partial charge is 0.303 e. The topological polar surface area (TPSA) is 55.8 Å². The third-order valence-corrected chi connectivity index (χ3v) is 5.66. The third kappa shape index (κ3) is 7.44. The lowest BCUT2D eigenvalue weighted by molar-refractivity contribution is -0.137. The van der Waals surface area contributed by atoms with Crippen LogP contribution in [-0.4, -0.2) is 18.2 Å². The highest BCUT2D eigenvalue weighted by Crippen LogP contribution is 2.32. The van der Waals surface area contributed by atoms with Crippen LogP contribution < -0.4 is 9.47 Å². The summed E-state index contributed by atoms with van der Waals surface area (Å²) in [6.45, 7) is 8.55. The van der Waals surface area contributed by atoms with Crippen molar-refractivity contribution in [3.63, 3.8) is 0 Å². The summed E-state index contributed by atoms with van der Waals surface area (Å²) in [6, 6.07) is 18.1. The lowest BCUT2D eigenvalue weighted by Gasteiger charge is -2.15. The van der Waals surface area contributed by atoms with Crippen LogP contribution in [0.2, 0.25) is 0 Å². The van der Waals surface area contributed by atoms with E-state index in [4.69, 9.17) is 14.6 Å². The maximum Gasteiger partial charge on any atom is 0.303 e. The monoisotopic (exact) mass is 476 g/mol. The van der Waals surface area contributed by atoms with E-state index in [0.29, 0.717) is 23.7 Å². The first kappa shape index (κ1) is 26.0. The van der Waals surface area contributed by atoms with Crippen molar-refractivity contribution in [1.82, 2.24) is 0 Å². The molecule has 5 heteroatoms. The Morgan fingerprint density at radius 2 is 1.80 bits per heavy atom. The Hall–Kier alpha value is -3.60. The fourth-order valence-corrected chi connectivity index (χ4v) is 3.72. The molecule has 0 bridgehead atoms. The molecule has 1 atom stereocenters.